The zero-order chi connectivity index (χ0) is 24.0. The molecule has 2 fully saturated rings. The molecule has 2 aromatic rings. The van der Waals surface area contributed by atoms with E-state index in [1.807, 2.05) is 36.4 Å². The first-order chi connectivity index (χ1) is 16.4. The van der Waals surface area contributed by atoms with Crippen LogP contribution in [0.5, 0.6) is 0 Å². The summed E-state index contributed by atoms with van der Waals surface area (Å²) in [5.74, 6) is -1.14. The van der Waals surface area contributed by atoms with Gasteiger partial charge in [-0.3, -0.25) is 14.3 Å². The maximum atomic E-state index is 12.5. The zero-order valence-electron chi connectivity index (χ0n) is 19.3. The third kappa shape index (κ3) is 6.50. The summed E-state index contributed by atoms with van der Waals surface area (Å²) < 4.78 is 27.4. The highest BCUT2D eigenvalue weighted by Crippen LogP contribution is 2.23. The van der Waals surface area contributed by atoms with Crippen molar-refractivity contribution >= 4 is 38.9 Å². The minimum atomic E-state index is -3.84. The Kier molecular flexibility index (Phi) is 7.72. The number of hydrogen-bond acceptors (Lipinski definition) is 5. The second-order valence-corrected chi connectivity index (χ2v) is 10.6. The van der Waals surface area contributed by atoms with Gasteiger partial charge in [0.05, 0.1) is 0 Å². The molecule has 0 radical (unpaired) electrons. The molecule has 34 heavy (non-hydrogen) atoms. The maximum Gasteiger partial charge on any atom is 0.241 e. The molecule has 2 saturated heterocycles. The van der Waals surface area contributed by atoms with E-state index in [0.29, 0.717) is 18.7 Å². The van der Waals surface area contributed by atoms with Crippen LogP contribution in [0.2, 0.25) is 0 Å². The van der Waals surface area contributed by atoms with E-state index in [9.17, 15) is 18.0 Å². The monoisotopic (exact) mass is 484 g/mol. The van der Waals surface area contributed by atoms with E-state index >= 15 is 0 Å². The standard InChI is InChI=1S/C25H32N4O4S/c30-24(26-18-20-7-6-8-23(17-20)29-16-5-2-9-25(29)31)19-34(32,33)27-21-10-12-22(13-11-21)28-14-3-1-4-15-28/h6-8,10-13,17,27H,1-5,9,14-16,18-19H2,(H,26,30). The Morgan fingerprint density at radius 2 is 1.62 bits per heavy atom. The van der Waals surface area contributed by atoms with Gasteiger partial charge in [-0.2, -0.15) is 0 Å². The van der Waals surface area contributed by atoms with Crippen LogP contribution in [0.3, 0.4) is 0 Å². The number of piperidine rings is 2. The van der Waals surface area contributed by atoms with Gasteiger partial charge in [-0.25, -0.2) is 8.42 Å². The lowest BCUT2D eigenvalue weighted by Gasteiger charge is -2.28. The van der Waals surface area contributed by atoms with Crippen LogP contribution in [0.15, 0.2) is 48.5 Å². The molecule has 0 spiro atoms. The van der Waals surface area contributed by atoms with Crippen molar-refractivity contribution in [1.29, 1.82) is 0 Å². The molecule has 2 heterocycles. The lowest BCUT2D eigenvalue weighted by molar-refractivity contribution is -0.120. The van der Waals surface area contributed by atoms with Gasteiger partial charge in [-0.05, 0) is 74.1 Å². The molecule has 0 bridgehead atoms. The Morgan fingerprint density at radius 3 is 2.35 bits per heavy atom. The number of nitrogens with one attached hydrogen (secondary N) is 2. The van der Waals surface area contributed by atoms with Gasteiger partial charge in [0.1, 0.15) is 5.75 Å². The van der Waals surface area contributed by atoms with E-state index < -0.39 is 21.7 Å². The number of amides is 2. The molecule has 0 saturated carbocycles. The minimum absolute atomic E-state index is 0.105. The molecule has 182 valence electrons. The van der Waals surface area contributed by atoms with E-state index in [-0.39, 0.29) is 12.5 Å². The van der Waals surface area contributed by atoms with Gasteiger partial charge in [0, 0.05) is 49.7 Å². The predicted octanol–water partition coefficient (Wildman–Crippen LogP) is 3.25. The van der Waals surface area contributed by atoms with Crippen molar-refractivity contribution < 1.29 is 18.0 Å². The average molecular weight is 485 g/mol. The second kappa shape index (κ2) is 10.9. The van der Waals surface area contributed by atoms with Crippen LogP contribution in [-0.2, 0) is 26.2 Å². The molecular weight excluding hydrogens is 452 g/mol. The highest BCUT2D eigenvalue weighted by Gasteiger charge is 2.20. The largest absolute Gasteiger partial charge is 0.372 e. The normalized spacial score (nSPS) is 16.9. The number of rotatable bonds is 8. The molecule has 4 rings (SSSR count). The molecule has 9 heteroatoms. The number of carbonyl (C=O) groups is 2. The Labute approximate surface area is 201 Å². The molecule has 0 aliphatic carbocycles. The molecule has 2 aliphatic rings. The number of carbonyl (C=O) groups excluding carboxylic acids is 2. The van der Waals surface area contributed by atoms with E-state index in [1.165, 1.54) is 19.3 Å². The zero-order valence-corrected chi connectivity index (χ0v) is 20.1. The van der Waals surface area contributed by atoms with Gasteiger partial charge in [0.2, 0.25) is 21.8 Å². The smallest absolute Gasteiger partial charge is 0.241 e. The maximum absolute atomic E-state index is 12.5. The van der Waals surface area contributed by atoms with Crippen LogP contribution in [0.4, 0.5) is 17.1 Å². The molecule has 0 aromatic heterocycles. The Bertz CT molecular complexity index is 1110. The lowest BCUT2D eigenvalue weighted by atomic mass is 10.1. The summed E-state index contributed by atoms with van der Waals surface area (Å²) in [7, 11) is -3.84. The fraction of sp³-hybridized carbons (Fsp3) is 0.440. The SMILES string of the molecule is O=C(CS(=O)(=O)Nc1ccc(N2CCCCC2)cc1)NCc1cccc(N2CCCCC2=O)c1. The molecule has 0 unspecified atom stereocenters. The molecule has 2 N–H and O–H groups in total. The summed E-state index contributed by atoms with van der Waals surface area (Å²) in [6.07, 6.45) is 6.02. The number of benzene rings is 2. The summed E-state index contributed by atoms with van der Waals surface area (Å²) in [5, 5.41) is 2.67. The fourth-order valence-corrected chi connectivity index (χ4v) is 5.46. The van der Waals surface area contributed by atoms with Crippen molar-refractivity contribution in [3.8, 4) is 0 Å². The van der Waals surface area contributed by atoms with Crippen molar-refractivity contribution in [2.24, 2.45) is 0 Å². The van der Waals surface area contributed by atoms with Crippen molar-refractivity contribution in [1.82, 2.24) is 5.32 Å². The average Bonchev–Trinajstić information content (AvgIpc) is 2.84. The summed E-state index contributed by atoms with van der Waals surface area (Å²) in [6.45, 7) is 2.91. The van der Waals surface area contributed by atoms with Crippen molar-refractivity contribution in [3.63, 3.8) is 0 Å². The van der Waals surface area contributed by atoms with Crippen LogP contribution in [-0.4, -0.2) is 45.6 Å². The predicted molar refractivity (Wildman–Crippen MR) is 134 cm³/mol. The topological polar surface area (TPSA) is 98.8 Å². The number of sulfonamides is 1. The van der Waals surface area contributed by atoms with Gasteiger partial charge < -0.3 is 15.1 Å². The van der Waals surface area contributed by atoms with Gasteiger partial charge >= 0.3 is 0 Å². The first-order valence-electron chi connectivity index (χ1n) is 11.9. The van der Waals surface area contributed by atoms with E-state index in [2.05, 4.69) is 14.9 Å². The Hall–Kier alpha value is -3.07. The van der Waals surface area contributed by atoms with Crippen molar-refractivity contribution in [2.75, 3.05) is 39.9 Å². The molecule has 2 aromatic carbocycles. The van der Waals surface area contributed by atoms with E-state index in [0.717, 1.165) is 42.9 Å². The van der Waals surface area contributed by atoms with Crippen LogP contribution in [0.1, 0.15) is 44.1 Å². The van der Waals surface area contributed by atoms with E-state index in [4.69, 9.17) is 0 Å². The second-order valence-electron chi connectivity index (χ2n) is 8.90. The lowest BCUT2D eigenvalue weighted by Crippen LogP contribution is -2.35. The minimum Gasteiger partial charge on any atom is -0.372 e. The van der Waals surface area contributed by atoms with E-state index in [1.54, 1.807) is 17.0 Å². The van der Waals surface area contributed by atoms with Gasteiger partial charge in [0.15, 0.2) is 0 Å². The molecule has 8 nitrogen and oxygen atoms in total. The molecular formula is C25H32N4O4S. The quantitative estimate of drug-likeness (QED) is 0.599. The van der Waals surface area contributed by atoms with Crippen molar-refractivity contribution in [2.45, 2.75) is 45.1 Å². The fourth-order valence-electron chi connectivity index (χ4n) is 4.45. The molecule has 2 amide bonds. The van der Waals surface area contributed by atoms with Crippen LogP contribution >= 0.6 is 0 Å². The van der Waals surface area contributed by atoms with Gasteiger partial charge in [0.25, 0.3) is 0 Å². The third-order valence-corrected chi connectivity index (χ3v) is 7.41. The third-order valence-electron chi connectivity index (χ3n) is 6.22. The highest BCUT2D eigenvalue weighted by molar-refractivity contribution is 7.93. The first-order valence-corrected chi connectivity index (χ1v) is 13.6. The summed E-state index contributed by atoms with van der Waals surface area (Å²) in [6, 6.07) is 14.7. The van der Waals surface area contributed by atoms with Gasteiger partial charge in [-0.1, -0.05) is 12.1 Å². The molecule has 2 aliphatic heterocycles. The first kappa shape index (κ1) is 24.1. The Morgan fingerprint density at radius 1 is 0.882 bits per heavy atom. The number of anilines is 3. The molecule has 0 atom stereocenters. The van der Waals surface area contributed by atoms with Crippen LogP contribution in [0.25, 0.3) is 0 Å². The summed E-state index contributed by atoms with van der Waals surface area (Å²) >= 11 is 0. The summed E-state index contributed by atoms with van der Waals surface area (Å²) in [4.78, 5) is 28.5. The highest BCUT2D eigenvalue weighted by atomic mass is 32.2. The summed E-state index contributed by atoms with van der Waals surface area (Å²) in [5.41, 5.74) is 3.13. The van der Waals surface area contributed by atoms with Crippen LogP contribution < -0.4 is 19.8 Å². The van der Waals surface area contributed by atoms with Crippen molar-refractivity contribution in [3.05, 3.63) is 54.1 Å². The van der Waals surface area contributed by atoms with Gasteiger partial charge in [-0.15, -0.1) is 0 Å². The number of nitrogens with zero attached hydrogens (tertiary/aromatic N) is 2. The number of hydrogen-bond donors (Lipinski definition) is 2. The Balaban J connectivity index is 1.28. The van der Waals surface area contributed by atoms with Crippen LogP contribution in [0, 0.1) is 0 Å².